The van der Waals surface area contributed by atoms with Gasteiger partial charge in [-0.15, -0.1) is 0 Å². The highest BCUT2D eigenvalue weighted by molar-refractivity contribution is 7.90. The highest BCUT2D eigenvalue weighted by Crippen LogP contribution is 2.57. The smallest absolute Gasteiger partial charge is 0.397 e. The minimum atomic E-state index is -4.45. The van der Waals surface area contributed by atoms with Crippen LogP contribution in [-0.2, 0) is 9.84 Å². The quantitative estimate of drug-likeness (QED) is 0.540. The molecule has 2 aromatic rings. The lowest BCUT2D eigenvalue weighted by Gasteiger charge is -2.36. The van der Waals surface area contributed by atoms with Crippen LogP contribution in [0.1, 0.15) is 23.2 Å². The highest BCUT2D eigenvalue weighted by atomic mass is 32.2. The van der Waals surface area contributed by atoms with E-state index >= 15 is 0 Å². The summed E-state index contributed by atoms with van der Waals surface area (Å²) >= 11 is 0. The fourth-order valence-electron chi connectivity index (χ4n) is 3.97. The van der Waals surface area contributed by atoms with Crippen molar-refractivity contribution in [2.75, 3.05) is 43.9 Å². The Kier molecular flexibility index (Phi) is 6.45. The number of hydrogen-bond acceptors (Lipinski definition) is 5. The molecule has 0 N–H and O–H groups in total. The summed E-state index contributed by atoms with van der Waals surface area (Å²) in [6.07, 6.45) is -3.65. The second kappa shape index (κ2) is 8.96. The minimum Gasteiger partial charge on any atom is -0.492 e. The number of amides is 1. The molecule has 35 heavy (non-hydrogen) atoms. The van der Waals surface area contributed by atoms with Gasteiger partial charge in [-0.2, -0.15) is 13.2 Å². The monoisotopic (exact) mass is 518 g/mol. The summed E-state index contributed by atoms with van der Waals surface area (Å²) in [6, 6.07) is 6.68. The molecule has 190 valence electrons. The summed E-state index contributed by atoms with van der Waals surface area (Å²) in [5, 5.41) is 0. The summed E-state index contributed by atoms with van der Waals surface area (Å²) in [5.74, 6) is -2.19. The molecule has 1 aliphatic carbocycles. The van der Waals surface area contributed by atoms with Crippen molar-refractivity contribution in [1.29, 1.82) is 0 Å². The van der Waals surface area contributed by atoms with Gasteiger partial charge in [-0.05, 0) is 43.2 Å². The van der Waals surface area contributed by atoms with Gasteiger partial charge < -0.3 is 14.5 Å². The molecule has 0 radical (unpaired) electrons. The lowest BCUT2D eigenvalue weighted by atomic mass is 10.1. The summed E-state index contributed by atoms with van der Waals surface area (Å²) in [6.45, 7) is 0.0167. The maximum Gasteiger partial charge on any atom is 0.397 e. The van der Waals surface area contributed by atoms with Gasteiger partial charge in [0.2, 0.25) is 0 Å². The topological polar surface area (TPSA) is 66.9 Å². The molecule has 2 fully saturated rings. The highest BCUT2D eigenvalue weighted by Gasteiger charge is 2.64. The number of ether oxygens (including phenoxy) is 1. The van der Waals surface area contributed by atoms with Crippen LogP contribution in [0.2, 0.25) is 0 Å². The van der Waals surface area contributed by atoms with E-state index in [2.05, 4.69) is 0 Å². The molecule has 2 aromatic carbocycles. The second-order valence-electron chi connectivity index (χ2n) is 8.87. The first-order chi connectivity index (χ1) is 16.3. The predicted molar refractivity (Wildman–Crippen MR) is 117 cm³/mol. The molecule has 0 bridgehead atoms. The van der Waals surface area contributed by atoms with Gasteiger partial charge in [-0.25, -0.2) is 17.2 Å². The Bertz CT molecular complexity index is 1240. The molecule has 0 atom stereocenters. The lowest BCUT2D eigenvalue weighted by molar-refractivity contribution is -0.194. The normalized spacial score (nSPS) is 17.9. The molecule has 4 rings (SSSR count). The van der Waals surface area contributed by atoms with Gasteiger partial charge in [0.05, 0.1) is 16.1 Å². The Hall–Kier alpha value is -2.89. The maximum atomic E-state index is 14.1. The van der Waals surface area contributed by atoms with Crippen LogP contribution in [-0.4, -0.2) is 64.4 Å². The number of halogens is 5. The van der Waals surface area contributed by atoms with E-state index in [-0.39, 0.29) is 60.9 Å². The van der Waals surface area contributed by atoms with E-state index in [4.69, 9.17) is 4.74 Å². The number of piperazine rings is 1. The molecule has 12 heteroatoms. The van der Waals surface area contributed by atoms with Crippen LogP contribution < -0.4 is 9.64 Å². The van der Waals surface area contributed by atoms with E-state index in [0.29, 0.717) is 0 Å². The third-order valence-corrected chi connectivity index (χ3v) is 7.50. The van der Waals surface area contributed by atoms with Crippen molar-refractivity contribution in [2.45, 2.75) is 23.9 Å². The minimum absolute atomic E-state index is 0.0803. The van der Waals surface area contributed by atoms with Crippen molar-refractivity contribution in [3.63, 3.8) is 0 Å². The van der Waals surface area contributed by atoms with Crippen molar-refractivity contribution >= 4 is 21.4 Å². The van der Waals surface area contributed by atoms with Crippen molar-refractivity contribution in [3.05, 3.63) is 53.6 Å². The number of carbonyl (C=O) groups excluding carboxylic acids is 1. The number of sulfone groups is 1. The largest absolute Gasteiger partial charge is 0.492 e. The molecule has 1 heterocycles. The van der Waals surface area contributed by atoms with Gasteiger partial charge in [0.1, 0.15) is 29.4 Å². The van der Waals surface area contributed by atoms with E-state index in [1.165, 1.54) is 23.1 Å². The lowest BCUT2D eigenvalue weighted by Crippen LogP contribution is -2.49. The molecule has 1 saturated carbocycles. The molecule has 1 saturated heterocycles. The standard InChI is InChI=1S/C23H23F5N2O4S/c1-35(32,33)16-3-5-20(34-14-22(6-7-22)23(26,27)28)17(13-16)21(31)30-10-8-29(9-11-30)19-4-2-15(24)12-18(19)25/h2-5,12-13H,6-11,14H2,1H3. The van der Waals surface area contributed by atoms with Crippen LogP contribution in [0, 0.1) is 17.0 Å². The van der Waals surface area contributed by atoms with Crippen molar-refractivity contribution in [2.24, 2.45) is 5.41 Å². The molecule has 0 unspecified atom stereocenters. The Morgan fingerprint density at radius 3 is 2.23 bits per heavy atom. The van der Waals surface area contributed by atoms with Crippen molar-refractivity contribution < 1.29 is 39.9 Å². The zero-order chi connectivity index (χ0) is 25.6. The van der Waals surface area contributed by atoms with Gasteiger partial charge in [0, 0.05) is 38.5 Å². The average Bonchev–Trinajstić information content (AvgIpc) is 3.58. The fourth-order valence-corrected chi connectivity index (χ4v) is 4.61. The van der Waals surface area contributed by atoms with Gasteiger partial charge in [0.15, 0.2) is 9.84 Å². The summed E-state index contributed by atoms with van der Waals surface area (Å²) in [5.41, 5.74) is -1.94. The number of anilines is 1. The number of rotatable bonds is 6. The Balaban J connectivity index is 1.54. The van der Waals surface area contributed by atoms with E-state index in [9.17, 15) is 35.2 Å². The molecular weight excluding hydrogens is 495 g/mol. The molecule has 2 aliphatic rings. The van der Waals surface area contributed by atoms with Crippen LogP contribution in [0.4, 0.5) is 27.6 Å². The molecule has 1 amide bonds. The zero-order valence-corrected chi connectivity index (χ0v) is 19.6. The molecular formula is C23H23F5N2O4S. The van der Waals surface area contributed by atoms with Gasteiger partial charge in [-0.3, -0.25) is 4.79 Å². The predicted octanol–water partition coefficient (Wildman–Crippen LogP) is 4.05. The van der Waals surface area contributed by atoms with Crippen LogP contribution >= 0.6 is 0 Å². The number of hydrogen-bond donors (Lipinski definition) is 0. The van der Waals surface area contributed by atoms with Gasteiger partial charge >= 0.3 is 6.18 Å². The Morgan fingerprint density at radius 1 is 1.03 bits per heavy atom. The zero-order valence-electron chi connectivity index (χ0n) is 18.7. The van der Waals surface area contributed by atoms with E-state index in [1.807, 2.05) is 0 Å². The van der Waals surface area contributed by atoms with Crippen LogP contribution in [0.5, 0.6) is 5.75 Å². The molecule has 0 aromatic heterocycles. The maximum absolute atomic E-state index is 14.1. The Labute approximate surface area is 199 Å². The SMILES string of the molecule is CS(=O)(=O)c1ccc(OCC2(C(F)(F)F)CC2)c(C(=O)N2CCN(c3ccc(F)cc3F)CC2)c1. The molecule has 1 aliphatic heterocycles. The first-order valence-electron chi connectivity index (χ1n) is 10.8. The van der Waals surface area contributed by atoms with Crippen LogP contribution in [0.25, 0.3) is 0 Å². The average molecular weight is 519 g/mol. The van der Waals surface area contributed by atoms with Crippen LogP contribution in [0.3, 0.4) is 0 Å². The van der Waals surface area contributed by atoms with Crippen molar-refractivity contribution in [3.8, 4) is 5.75 Å². The second-order valence-corrected chi connectivity index (χ2v) is 10.9. The number of carbonyl (C=O) groups is 1. The third-order valence-electron chi connectivity index (χ3n) is 6.39. The van der Waals surface area contributed by atoms with E-state index in [1.54, 1.807) is 4.90 Å². The third kappa shape index (κ3) is 5.21. The number of benzene rings is 2. The van der Waals surface area contributed by atoms with Crippen molar-refractivity contribution in [1.82, 2.24) is 4.90 Å². The van der Waals surface area contributed by atoms with Gasteiger partial charge in [0.25, 0.3) is 5.91 Å². The first kappa shape index (κ1) is 25.2. The first-order valence-corrected chi connectivity index (χ1v) is 12.7. The number of nitrogens with zero attached hydrogens (tertiary/aromatic N) is 2. The molecule has 0 spiro atoms. The Morgan fingerprint density at radius 2 is 1.69 bits per heavy atom. The van der Waals surface area contributed by atoms with E-state index in [0.717, 1.165) is 24.5 Å². The summed E-state index contributed by atoms with van der Waals surface area (Å²) in [7, 11) is -3.70. The van der Waals surface area contributed by atoms with Crippen LogP contribution in [0.15, 0.2) is 41.3 Å². The number of alkyl halides is 3. The summed E-state index contributed by atoms with van der Waals surface area (Å²) < 4.78 is 96.7. The fraction of sp³-hybridized carbons (Fsp3) is 0.435. The van der Waals surface area contributed by atoms with E-state index < -0.39 is 45.6 Å². The summed E-state index contributed by atoms with van der Waals surface area (Å²) in [4.78, 5) is 16.1. The van der Waals surface area contributed by atoms with Gasteiger partial charge in [-0.1, -0.05) is 0 Å². The molecule has 6 nitrogen and oxygen atoms in total.